The smallest absolute Gasteiger partial charge is 0.446 e. The van der Waals surface area contributed by atoms with Crippen molar-refractivity contribution in [3.8, 4) is 22.4 Å². The second-order valence-corrected chi connectivity index (χ2v) is 15.0. The summed E-state index contributed by atoms with van der Waals surface area (Å²) >= 11 is 6.56. The minimum absolute atomic E-state index is 0.00259. The van der Waals surface area contributed by atoms with E-state index < -0.39 is 30.2 Å². The first-order valence-corrected chi connectivity index (χ1v) is 21.2. The average molecular weight is 940 g/mol. The number of aromatic nitrogens is 4. The van der Waals surface area contributed by atoms with E-state index in [2.05, 4.69) is 20.1 Å². The van der Waals surface area contributed by atoms with Crippen LogP contribution in [0, 0.1) is 18.7 Å². The number of methoxy groups -OCH3 is 2. The molecule has 21 heteroatoms. The highest BCUT2D eigenvalue weighted by Crippen LogP contribution is 2.30. The molecule has 4 aromatic rings. The van der Waals surface area contributed by atoms with Crippen molar-refractivity contribution in [3.05, 3.63) is 76.7 Å². The number of carboxylic acids is 1. The molecule has 0 saturated carbocycles. The summed E-state index contributed by atoms with van der Waals surface area (Å²) in [5.41, 5.74) is 3.49. The van der Waals surface area contributed by atoms with Crippen molar-refractivity contribution >= 4 is 47.3 Å². The number of benzene rings is 2. The summed E-state index contributed by atoms with van der Waals surface area (Å²) in [6.45, 7) is 10.8. The minimum Gasteiger partial charge on any atom is -0.477 e. The third kappa shape index (κ3) is 16.7. The standard InChI is InChI=1S/C38H46ClFN8O6.C2HF3O.C2H6O.C2H6/c1-6-25(11-12-44(3)23-34(49)50)37(52)46-13-15-47(16-14-46)38(53)29-10-8-27(20-31(29)39)42-36(51)35-41-21-33(45(35)4)26-7-9-28(32(40)19-26)30-22-48(17-18-54-5)43-24(30)2;3-2(4,5)1-6;1-3-2;1-2/h7-10,19-22,25H,6,11-18,23H2,1-5H3,(H,42,51)(H,49,50);1H;1-2H3;1-2H3/p+1/t25-;;;/m0.../s1. The van der Waals surface area contributed by atoms with E-state index >= 15 is 4.39 Å². The van der Waals surface area contributed by atoms with Crippen molar-refractivity contribution in [1.82, 2.24) is 29.1 Å². The van der Waals surface area contributed by atoms with E-state index in [0.29, 0.717) is 92.5 Å². The van der Waals surface area contributed by atoms with Crippen LogP contribution in [-0.4, -0.2) is 145 Å². The first kappa shape index (κ1) is 55.4. The van der Waals surface area contributed by atoms with Gasteiger partial charge in [-0.15, -0.1) is 0 Å². The van der Waals surface area contributed by atoms with E-state index in [9.17, 15) is 32.3 Å². The number of halogens is 5. The number of anilines is 1. The molecule has 0 spiro atoms. The number of carbonyl (C=O) groups is 5. The molecule has 16 nitrogen and oxygen atoms in total. The van der Waals surface area contributed by atoms with Crippen LogP contribution in [0.1, 0.15) is 60.3 Å². The molecule has 0 radical (unpaired) electrons. The van der Waals surface area contributed by atoms with E-state index in [1.165, 1.54) is 18.3 Å². The molecular weight excluding hydrogens is 880 g/mol. The number of hydrogen-bond acceptors (Lipinski definition) is 9. The average Bonchev–Trinajstić information content (AvgIpc) is 3.84. The van der Waals surface area contributed by atoms with E-state index in [1.807, 2.05) is 27.7 Å². The fraction of sp³-hybridized carbons (Fsp3) is 0.477. The number of hydrogen-bond donors (Lipinski definition) is 3. The summed E-state index contributed by atoms with van der Waals surface area (Å²) < 4.78 is 59.3. The number of likely N-dealkylation sites (N-methyl/N-ethyl adjacent to an activating group) is 1. The molecule has 358 valence electrons. The number of ether oxygens (including phenoxy) is 2. The van der Waals surface area contributed by atoms with Crippen molar-refractivity contribution < 1.29 is 61.0 Å². The Balaban J connectivity index is 0.00000119. The molecule has 3 N–H and O–H groups in total. The molecule has 0 aliphatic carbocycles. The highest BCUT2D eigenvalue weighted by atomic mass is 35.5. The van der Waals surface area contributed by atoms with Crippen LogP contribution >= 0.6 is 11.6 Å². The van der Waals surface area contributed by atoms with Gasteiger partial charge in [-0.3, -0.25) is 23.9 Å². The van der Waals surface area contributed by atoms with Gasteiger partial charge in [0.25, 0.3) is 11.8 Å². The number of aryl methyl sites for hydroxylation is 1. The van der Waals surface area contributed by atoms with Crippen LogP contribution in [0.4, 0.5) is 23.2 Å². The lowest BCUT2D eigenvalue weighted by Gasteiger charge is -2.36. The Morgan fingerprint density at radius 1 is 1.02 bits per heavy atom. The Morgan fingerprint density at radius 2 is 1.63 bits per heavy atom. The van der Waals surface area contributed by atoms with Gasteiger partial charge in [0, 0.05) is 95.5 Å². The number of rotatable bonds is 15. The van der Waals surface area contributed by atoms with Gasteiger partial charge >= 0.3 is 12.1 Å². The summed E-state index contributed by atoms with van der Waals surface area (Å²) in [6, 6.07) is 9.50. The van der Waals surface area contributed by atoms with E-state index in [4.69, 9.17) is 26.2 Å². The minimum atomic E-state index is -4.64. The Labute approximate surface area is 381 Å². The lowest BCUT2D eigenvalue weighted by atomic mass is 9.99. The highest BCUT2D eigenvalue weighted by Gasteiger charge is 2.30. The lowest BCUT2D eigenvalue weighted by Crippen LogP contribution is -3.10. The Morgan fingerprint density at radius 3 is 2.17 bits per heavy atom. The van der Waals surface area contributed by atoms with Crippen LogP contribution in [-0.2, 0) is 37.4 Å². The van der Waals surface area contributed by atoms with E-state index in [-0.39, 0.29) is 40.7 Å². The number of carboxylic acid groups (broad SMARTS) is 1. The third-order valence-corrected chi connectivity index (χ3v) is 10.2. The second kappa shape index (κ2) is 26.9. The zero-order valence-corrected chi connectivity index (χ0v) is 39.0. The third-order valence-electron chi connectivity index (χ3n) is 9.90. The van der Waals surface area contributed by atoms with Crippen molar-refractivity contribution in [3.63, 3.8) is 0 Å². The number of amides is 3. The van der Waals surface area contributed by atoms with Gasteiger partial charge in [-0.05, 0) is 37.6 Å². The van der Waals surface area contributed by atoms with Crippen LogP contribution in [0.5, 0.6) is 0 Å². The maximum absolute atomic E-state index is 15.4. The van der Waals surface area contributed by atoms with Crippen molar-refractivity contribution in [2.45, 2.75) is 53.3 Å². The van der Waals surface area contributed by atoms with Crippen LogP contribution in [0.25, 0.3) is 22.4 Å². The molecule has 1 aliphatic heterocycles. The maximum Gasteiger partial charge on any atom is 0.446 e. The molecule has 0 bridgehead atoms. The molecule has 3 amide bonds. The van der Waals surface area contributed by atoms with Gasteiger partial charge in [0.1, 0.15) is 5.82 Å². The maximum atomic E-state index is 15.4. The van der Waals surface area contributed by atoms with Gasteiger partial charge in [0.05, 0.1) is 54.9 Å². The first-order valence-electron chi connectivity index (χ1n) is 20.8. The molecule has 3 heterocycles. The summed E-state index contributed by atoms with van der Waals surface area (Å²) in [6.07, 6.45) is -1.17. The van der Waals surface area contributed by atoms with Crippen LogP contribution in [0.2, 0.25) is 5.02 Å². The highest BCUT2D eigenvalue weighted by molar-refractivity contribution is 6.34. The molecule has 2 aromatic heterocycles. The van der Waals surface area contributed by atoms with Crippen LogP contribution < -0.4 is 10.2 Å². The SMILES string of the molecule is CC.CC[C@@H](CC[NH+](C)CC(=O)O)C(=O)N1CCN(C(=O)c2ccc(NC(=O)c3ncc(-c4ccc(-c5cn(CCOC)nc5C)c(F)c4)n3C)cc2Cl)CC1.COC.O=CC(F)(F)F. The molecule has 65 heavy (non-hydrogen) atoms. The molecule has 5 rings (SSSR count). The number of alkyl halides is 3. The quantitative estimate of drug-likeness (QED) is 0.105. The van der Waals surface area contributed by atoms with Gasteiger partial charge in [-0.25, -0.2) is 14.2 Å². The fourth-order valence-electron chi connectivity index (χ4n) is 6.64. The number of quaternary nitrogens is 1. The molecule has 1 fully saturated rings. The summed E-state index contributed by atoms with van der Waals surface area (Å²) in [5, 5.41) is 16.4. The summed E-state index contributed by atoms with van der Waals surface area (Å²) in [4.78, 5) is 68.2. The summed E-state index contributed by atoms with van der Waals surface area (Å²) in [7, 11) is 8.32. The largest absolute Gasteiger partial charge is 0.477 e. The van der Waals surface area contributed by atoms with E-state index in [1.54, 1.807) is 84.9 Å². The number of piperazine rings is 1. The molecule has 1 aliphatic rings. The van der Waals surface area contributed by atoms with Gasteiger partial charge in [-0.2, -0.15) is 18.3 Å². The zero-order valence-electron chi connectivity index (χ0n) is 38.2. The van der Waals surface area contributed by atoms with E-state index in [0.717, 1.165) is 4.90 Å². The monoisotopic (exact) mass is 939 g/mol. The normalized spacial score (nSPS) is 13.2. The fourth-order valence-corrected chi connectivity index (χ4v) is 6.91. The first-order chi connectivity index (χ1) is 30.8. The number of aliphatic carboxylic acids is 1. The molecular formula is C44H60ClF4N8O8+. The predicted molar refractivity (Wildman–Crippen MR) is 237 cm³/mol. The lowest BCUT2D eigenvalue weighted by molar-refractivity contribution is -0.872. The number of aldehydes is 1. The predicted octanol–water partition coefficient (Wildman–Crippen LogP) is 5.29. The van der Waals surface area contributed by atoms with Crippen molar-refractivity contribution in [2.75, 3.05) is 79.6 Å². The van der Waals surface area contributed by atoms with Crippen molar-refractivity contribution in [1.29, 1.82) is 0 Å². The Hall–Kier alpha value is -5.70. The number of imidazole rings is 1. The zero-order chi connectivity index (χ0) is 49.0. The van der Waals surface area contributed by atoms with Crippen LogP contribution in [0.3, 0.4) is 0 Å². The number of nitrogens with zero attached hydrogens (tertiary/aromatic N) is 6. The second-order valence-electron chi connectivity index (χ2n) is 14.6. The van der Waals surface area contributed by atoms with Gasteiger partial charge in [-0.1, -0.05) is 44.5 Å². The number of nitrogens with one attached hydrogen (secondary N) is 2. The molecule has 1 saturated heterocycles. The number of carbonyl (C=O) groups excluding carboxylic acids is 4. The van der Waals surface area contributed by atoms with Gasteiger partial charge in [0.15, 0.2) is 12.4 Å². The Bertz CT molecular complexity index is 2190. The summed E-state index contributed by atoms with van der Waals surface area (Å²) in [5.74, 6) is -2.21. The van der Waals surface area contributed by atoms with Crippen molar-refractivity contribution in [2.24, 2.45) is 13.0 Å². The topological polar surface area (TPSA) is 183 Å². The molecule has 2 atom stereocenters. The molecule has 1 unspecified atom stereocenters. The molecule has 2 aromatic carbocycles. The Kier molecular flexibility index (Phi) is 23.0. The van der Waals surface area contributed by atoms with Crippen LogP contribution in [0.15, 0.2) is 48.8 Å². The van der Waals surface area contributed by atoms with Gasteiger partial charge in [0.2, 0.25) is 12.2 Å². The van der Waals surface area contributed by atoms with Gasteiger partial charge < -0.3 is 39.2 Å².